The second-order valence-corrected chi connectivity index (χ2v) is 17.3. The van der Waals surface area contributed by atoms with Gasteiger partial charge in [0.1, 0.15) is 29.8 Å². The van der Waals surface area contributed by atoms with Crippen molar-refractivity contribution in [3.63, 3.8) is 0 Å². The molecule has 5 nitrogen and oxygen atoms in total. The maximum absolute atomic E-state index is 13.7. The summed E-state index contributed by atoms with van der Waals surface area (Å²) in [6, 6.07) is 47.5. The van der Waals surface area contributed by atoms with Crippen LogP contribution in [0.3, 0.4) is 0 Å². The third-order valence-corrected chi connectivity index (χ3v) is 11.2. The zero-order valence-electron chi connectivity index (χ0n) is 33.6. The molecule has 0 fully saturated rings. The number of fused-ring (bicyclic) bond motifs is 4. The minimum atomic E-state index is -0.253. The van der Waals surface area contributed by atoms with Crippen LogP contribution >= 0.6 is 0 Å². The quantitative estimate of drug-likeness (QED) is 0.169. The minimum absolute atomic E-state index is 0.0171. The molecule has 0 unspecified atom stereocenters. The second-order valence-electron chi connectivity index (χ2n) is 17.3. The van der Waals surface area contributed by atoms with E-state index in [1.54, 1.807) is 12.1 Å². The highest BCUT2D eigenvalue weighted by molar-refractivity contribution is 6.09. The van der Waals surface area contributed by atoms with E-state index in [-0.39, 0.29) is 16.6 Å². The lowest BCUT2D eigenvalue weighted by molar-refractivity contribution is 0.483. The van der Waals surface area contributed by atoms with Gasteiger partial charge < -0.3 is 14.5 Å². The Hall–Kier alpha value is -6.40. The topological polar surface area (TPSA) is 33.5 Å². The Morgan fingerprint density at radius 2 is 1.21 bits per heavy atom. The molecule has 9 rings (SSSR count). The number of hydrogen-bond donors (Lipinski definition) is 0. The Morgan fingerprint density at radius 3 is 1.89 bits per heavy atom. The molecule has 1 aliphatic heterocycles. The van der Waals surface area contributed by atoms with E-state index in [0.29, 0.717) is 6.67 Å². The van der Waals surface area contributed by atoms with E-state index in [9.17, 15) is 4.39 Å². The van der Waals surface area contributed by atoms with Gasteiger partial charge in [-0.15, -0.1) is 0 Å². The molecule has 0 aliphatic carbocycles. The fourth-order valence-electron chi connectivity index (χ4n) is 8.00. The number of pyridine rings is 1. The van der Waals surface area contributed by atoms with E-state index in [0.717, 1.165) is 67.2 Å². The third kappa shape index (κ3) is 6.69. The first kappa shape index (κ1) is 36.3. The van der Waals surface area contributed by atoms with Crippen LogP contribution in [0.1, 0.15) is 58.2 Å². The van der Waals surface area contributed by atoms with Gasteiger partial charge in [0.05, 0.1) is 22.4 Å². The number of para-hydroxylation sites is 3. The molecule has 1 aliphatic rings. The molecular formula is C51H47FN4O. The van der Waals surface area contributed by atoms with E-state index in [2.05, 4.69) is 166 Å². The third-order valence-electron chi connectivity index (χ3n) is 11.2. The van der Waals surface area contributed by atoms with Gasteiger partial charge in [0.25, 0.3) is 0 Å². The molecule has 6 heteroatoms. The van der Waals surface area contributed by atoms with Gasteiger partial charge in [0, 0.05) is 46.0 Å². The Labute approximate surface area is 334 Å². The summed E-state index contributed by atoms with van der Waals surface area (Å²) in [6.07, 6.45) is 1.88. The number of hydrogen-bond acceptors (Lipinski definition) is 4. The molecule has 0 atom stereocenters. The van der Waals surface area contributed by atoms with Crippen LogP contribution in [-0.2, 0) is 10.8 Å². The molecule has 6 aromatic carbocycles. The van der Waals surface area contributed by atoms with Crippen molar-refractivity contribution in [3.05, 3.63) is 168 Å². The van der Waals surface area contributed by atoms with Gasteiger partial charge in [0.15, 0.2) is 0 Å². The molecule has 0 radical (unpaired) electrons. The van der Waals surface area contributed by atoms with E-state index >= 15 is 0 Å². The predicted molar refractivity (Wildman–Crippen MR) is 235 cm³/mol. The van der Waals surface area contributed by atoms with Crippen LogP contribution in [0.25, 0.3) is 38.8 Å². The zero-order chi connectivity index (χ0) is 39.6. The van der Waals surface area contributed by atoms with Gasteiger partial charge in [-0.1, -0.05) is 96.1 Å². The Kier molecular flexibility index (Phi) is 8.69. The second kappa shape index (κ2) is 13.7. The normalized spacial score (nSPS) is 13.1. The largest absolute Gasteiger partial charge is 0.457 e. The van der Waals surface area contributed by atoms with Gasteiger partial charge in [-0.3, -0.25) is 4.57 Å². The predicted octanol–water partition coefficient (Wildman–Crippen LogP) is 13.9. The minimum Gasteiger partial charge on any atom is -0.457 e. The fraction of sp³-hybridized carbons (Fsp3) is 0.196. The molecule has 57 heavy (non-hydrogen) atoms. The van der Waals surface area contributed by atoms with Crippen LogP contribution < -0.4 is 14.5 Å². The number of rotatable bonds is 6. The molecule has 2 aromatic heterocycles. The molecule has 0 saturated carbocycles. The van der Waals surface area contributed by atoms with E-state index < -0.39 is 0 Å². The van der Waals surface area contributed by atoms with Gasteiger partial charge >= 0.3 is 0 Å². The van der Waals surface area contributed by atoms with Crippen LogP contribution in [0.15, 0.2) is 146 Å². The van der Waals surface area contributed by atoms with Crippen molar-refractivity contribution in [2.24, 2.45) is 0 Å². The highest BCUT2D eigenvalue weighted by Gasteiger charge is 2.30. The van der Waals surface area contributed by atoms with Crippen molar-refractivity contribution < 1.29 is 9.13 Å². The SMILES string of the molecule is Cc1cc(-n2c3ccccc3c3ccc(Oc4cccc(N5CN(c6cc(C(C)(C)C)cc(C(C)(C)C)c6)c6ccccc65)c4)cc32)ncc1-c1ccc(F)cc1. The van der Waals surface area contributed by atoms with Crippen molar-refractivity contribution in [1.82, 2.24) is 9.55 Å². The van der Waals surface area contributed by atoms with Crippen molar-refractivity contribution >= 4 is 44.6 Å². The number of aryl methyl sites for hydroxylation is 1. The highest BCUT2D eigenvalue weighted by Crippen LogP contribution is 2.46. The lowest BCUT2D eigenvalue weighted by atomic mass is 9.80. The van der Waals surface area contributed by atoms with Crippen LogP contribution in [-0.4, -0.2) is 16.2 Å². The molecule has 284 valence electrons. The van der Waals surface area contributed by atoms with E-state index in [1.807, 2.05) is 18.3 Å². The van der Waals surface area contributed by atoms with Gasteiger partial charge in [-0.2, -0.15) is 0 Å². The first-order chi connectivity index (χ1) is 27.3. The number of nitrogens with zero attached hydrogens (tertiary/aromatic N) is 4. The number of benzene rings is 6. The van der Waals surface area contributed by atoms with Crippen molar-refractivity contribution in [1.29, 1.82) is 0 Å². The standard InChI is InChI=1S/C51H47FN4O/c1-33-25-49(53-31-44(33)34-19-21-37(52)22-20-34)56-45-16-9-8-15-42(45)43-24-23-41(30-48(43)56)57-40-14-12-13-38(29-40)54-32-55(47-18-11-10-17-46(47)54)39-27-35(50(2,3)4)26-36(28-39)51(5,6)7/h8-31H,32H2,1-7H3. The number of anilines is 4. The van der Waals surface area contributed by atoms with Crippen LogP contribution in [0, 0.1) is 12.7 Å². The van der Waals surface area contributed by atoms with Crippen molar-refractivity contribution in [2.45, 2.75) is 59.3 Å². The van der Waals surface area contributed by atoms with Crippen LogP contribution in [0.5, 0.6) is 11.5 Å². The molecule has 0 spiro atoms. The summed E-state index contributed by atoms with van der Waals surface area (Å²) >= 11 is 0. The zero-order valence-corrected chi connectivity index (χ0v) is 33.6. The van der Waals surface area contributed by atoms with Gasteiger partial charge in [-0.25, -0.2) is 9.37 Å². The number of ether oxygens (including phenoxy) is 1. The highest BCUT2D eigenvalue weighted by atomic mass is 19.1. The number of aromatic nitrogens is 2. The first-order valence-corrected chi connectivity index (χ1v) is 19.7. The summed E-state index contributed by atoms with van der Waals surface area (Å²) in [6.45, 7) is 16.5. The summed E-state index contributed by atoms with van der Waals surface area (Å²) in [5.41, 5.74) is 12.3. The summed E-state index contributed by atoms with van der Waals surface area (Å²) in [4.78, 5) is 9.75. The van der Waals surface area contributed by atoms with Crippen LogP contribution in [0.2, 0.25) is 0 Å². The first-order valence-electron chi connectivity index (χ1n) is 19.7. The molecule has 3 heterocycles. The summed E-state index contributed by atoms with van der Waals surface area (Å²) in [5.74, 6) is 2.05. The molecular weight excluding hydrogens is 704 g/mol. The summed E-state index contributed by atoms with van der Waals surface area (Å²) < 4.78 is 22.6. The molecule has 0 amide bonds. The smallest absolute Gasteiger partial charge is 0.137 e. The van der Waals surface area contributed by atoms with Crippen molar-refractivity contribution in [3.8, 4) is 28.4 Å². The van der Waals surface area contributed by atoms with Crippen LogP contribution in [0.4, 0.5) is 27.1 Å². The van der Waals surface area contributed by atoms with Gasteiger partial charge in [0.2, 0.25) is 0 Å². The molecule has 0 N–H and O–H groups in total. The Balaban J connectivity index is 1.06. The fourth-order valence-corrected chi connectivity index (χ4v) is 8.00. The van der Waals surface area contributed by atoms with Gasteiger partial charge in [-0.05, 0) is 113 Å². The average molecular weight is 751 g/mol. The molecule has 0 saturated heterocycles. The van der Waals surface area contributed by atoms with E-state index in [4.69, 9.17) is 9.72 Å². The average Bonchev–Trinajstić information content (AvgIpc) is 3.74. The maximum atomic E-state index is 13.7. The maximum Gasteiger partial charge on any atom is 0.137 e. The lowest BCUT2D eigenvalue weighted by Gasteiger charge is -2.29. The number of halogens is 1. The van der Waals surface area contributed by atoms with E-state index in [1.165, 1.54) is 34.6 Å². The Morgan fingerprint density at radius 1 is 0.579 bits per heavy atom. The van der Waals surface area contributed by atoms with Crippen molar-refractivity contribution in [2.75, 3.05) is 16.5 Å². The summed E-state index contributed by atoms with van der Waals surface area (Å²) in [5, 5.41) is 2.26. The summed E-state index contributed by atoms with van der Waals surface area (Å²) in [7, 11) is 0. The molecule has 0 bridgehead atoms. The molecule has 8 aromatic rings. The Bertz CT molecular complexity index is 2770. The monoisotopic (exact) mass is 750 g/mol. The lowest BCUT2D eigenvalue weighted by Crippen LogP contribution is -2.25.